The Morgan fingerprint density at radius 3 is 2.76 bits per heavy atom. The van der Waals surface area contributed by atoms with Gasteiger partial charge in [-0.05, 0) is 39.0 Å². The van der Waals surface area contributed by atoms with Gasteiger partial charge >= 0.3 is 6.03 Å². The molecule has 29 heavy (non-hydrogen) atoms. The number of aromatic nitrogens is 1. The summed E-state index contributed by atoms with van der Waals surface area (Å²) in [7, 11) is 0. The van der Waals surface area contributed by atoms with Gasteiger partial charge in [0.1, 0.15) is 11.4 Å². The van der Waals surface area contributed by atoms with Crippen LogP contribution >= 0.6 is 0 Å². The molecular formula is C22H21F2N3O2. The van der Waals surface area contributed by atoms with Crippen molar-refractivity contribution in [3.63, 3.8) is 0 Å². The van der Waals surface area contributed by atoms with Crippen LogP contribution in [0.1, 0.15) is 37.6 Å². The van der Waals surface area contributed by atoms with Gasteiger partial charge in [0.25, 0.3) is 0 Å². The molecule has 0 saturated carbocycles. The Morgan fingerprint density at radius 1 is 1.28 bits per heavy atom. The molecule has 2 amide bonds. The van der Waals surface area contributed by atoms with E-state index >= 15 is 0 Å². The summed E-state index contributed by atoms with van der Waals surface area (Å²) >= 11 is 0. The van der Waals surface area contributed by atoms with Gasteiger partial charge in [0, 0.05) is 40.7 Å². The summed E-state index contributed by atoms with van der Waals surface area (Å²) in [4.78, 5) is 18.3. The standard InChI is InChI=1S/C22H21F2N3O2/c1-12-7-15-13(11-26-12)5-4-6-18(15)27(21(25)28)19-10-22(2,3)29-20-16(19)8-14(23)9-17(20)24/h4-9,11,19H,10H2,1-3H3,(H2,25,28)/t19-/m1/s1. The second-order valence-corrected chi connectivity index (χ2v) is 7.92. The van der Waals surface area contributed by atoms with Gasteiger partial charge < -0.3 is 10.5 Å². The first kappa shape index (κ1) is 19.1. The fourth-order valence-electron chi connectivity index (χ4n) is 3.97. The number of rotatable bonds is 2. The molecular weight excluding hydrogens is 376 g/mol. The zero-order valence-electron chi connectivity index (χ0n) is 16.4. The summed E-state index contributed by atoms with van der Waals surface area (Å²) < 4.78 is 34.3. The quantitative estimate of drug-likeness (QED) is 0.661. The molecule has 0 bridgehead atoms. The van der Waals surface area contributed by atoms with Crippen LogP contribution in [0.15, 0.2) is 42.6 Å². The lowest BCUT2D eigenvalue weighted by molar-refractivity contribution is 0.0666. The van der Waals surface area contributed by atoms with Crippen LogP contribution < -0.4 is 15.4 Å². The molecule has 7 heteroatoms. The molecule has 2 N–H and O–H groups in total. The molecule has 0 saturated heterocycles. The normalized spacial score (nSPS) is 17.5. The number of carbonyl (C=O) groups excluding carboxylic acids is 1. The highest BCUT2D eigenvalue weighted by molar-refractivity contribution is 6.03. The maximum Gasteiger partial charge on any atom is 0.319 e. The second-order valence-electron chi connectivity index (χ2n) is 7.92. The zero-order valence-corrected chi connectivity index (χ0v) is 16.4. The Morgan fingerprint density at radius 2 is 2.03 bits per heavy atom. The van der Waals surface area contributed by atoms with Crippen molar-refractivity contribution in [2.45, 2.75) is 38.8 Å². The lowest BCUT2D eigenvalue weighted by Gasteiger charge is -2.42. The Kier molecular flexibility index (Phi) is 4.41. The van der Waals surface area contributed by atoms with Crippen LogP contribution in [0.5, 0.6) is 5.75 Å². The van der Waals surface area contributed by atoms with Crippen LogP contribution in [0.4, 0.5) is 19.3 Å². The van der Waals surface area contributed by atoms with Crippen molar-refractivity contribution in [2.24, 2.45) is 5.73 Å². The zero-order chi connectivity index (χ0) is 20.9. The van der Waals surface area contributed by atoms with Crippen LogP contribution in [0, 0.1) is 18.6 Å². The number of pyridine rings is 1. The van der Waals surface area contributed by atoms with Gasteiger partial charge in [0.15, 0.2) is 11.6 Å². The molecule has 2 aromatic carbocycles. The minimum atomic E-state index is -0.805. The summed E-state index contributed by atoms with van der Waals surface area (Å²) in [6, 6.07) is 7.86. The van der Waals surface area contributed by atoms with Crippen molar-refractivity contribution in [3.05, 3.63) is 65.5 Å². The summed E-state index contributed by atoms with van der Waals surface area (Å²) in [6.07, 6.45) is 2.03. The molecule has 150 valence electrons. The van der Waals surface area contributed by atoms with Crippen LogP contribution in [0.3, 0.4) is 0 Å². The lowest BCUT2D eigenvalue weighted by atomic mass is 9.88. The number of carbonyl (C=O) groups is 1. The van der Waals surface area contributed by atoms with E-state index in [4.69, 9.17) is 10.5 Å². The van der Waals surface area contributed by atoms with Crippen LogP contribution in [-0.2, 0) is 0 Å². The third-order valence-corrected chi connectivity index (χ3v) is 5.15. The van der Waals surface area contributed by atoms with Gasteiger partial charge in [-0.15, -0.1) is 0 Å². The molecule has 0 fully saturated rings. The molecule has 0 radical (unpaired) electrons. The van der Waals surface area contributed by atoms with E-state index < -0.39 is 29.3 Å². The number of fused-ring (bicyclic) bond motifs is 2. The largest absolute Gasteiger partial charge is 0.484 e. The van der Waals surface area contributed by atoms with Crippen molar-refractivity contribution in [2.75, 3.05) is 4.90 Å². The molecule has 3 aromatic rings. The number of amides is 2. The van der Waals surface area contributed by atoms with Gasteiger partial charge in [-0.2, -0.15) is 0 Å². The van der Waals surface area contributed by atoms with Gasteiger partial charge in [0.05, 0.1) is 11.7 Å². The highest BCUT2D eigenvalue weighted by atomic mass is 19.1. The van der Waals surface area contributed by atoms with Gasteiger partial charge in [-0.1, -0.05) is 12.1 Å². The van der Waals surface area contributed by atoms with E-state index in [9.17, 15) is 13.6 Å². The maximum absolute atomic E-state index is 14.5. The number of primary amides is 1. The number of benzene rings is 2. The van der Waals surface area contributed by atoms with E-state index in [0.29, 0.717) is 12.1 Å². The van der Waals surface area contributed by atoms with E-state index in [0.717, 1.165) is 22.5 Å². The molecule has 4 rings (SSSR count). The van der Waals surface area contributed by atoms with Gasteiger partial charge in [-0.3, -0.25) is 9.88 Å². The van der Waals surface area contributed by atoms with Gasteiger partial charge in [0.2, 0.25) is 0 Å². The first-order valence-corrected chi connectivity index (χ1v) is 9.28. The number of aryl methyl sites for hydroxylation is 1. The first-order valence-electron chi connectivity index (χ1n) is 9.28. The van der Waals surface area contributed by atoms with E-state index in [1.54, 1.807) is 32.2 Å². The topological polar surface area (TPSA) is 68.5 Å². The number of halogens is 2. The van der Waals surface area contributed by atoms with Crippen LogP contribution in [0.2, 0.25) is 0 Å². The summed E-state index contributed by atoms with van der Waals surface area (Å²) in [5, 5.41) is 1.61. The molecule has 0 aliphatic carbocycles. The first-order chi connectivity index (χ1) is 13.7. The van der Waals surface area contributed by atoms with Gasteiger partial charge in [-0.25, -0.2) is 13.6 Å². The number of anilines is 1. The minimum Gasteiger partial charge on any atom is -0.484 e. The van der Waals surface area contributed by atoms with Crippen molar-refractivity contribution >= 4 is 22.5 Å². The van der Waals surface area contributed by atoms with E-state index in [-0.39, 0.29) is 11.3 Å². The Labute approximate surface area is 167 Å². The fraction of sp³-hybridized carbons (Fsp3) is 0.273. The molecule has 2 heterocycles. The summed E-state index contributed by atoms with van der Waals surface area (Å²) in [5.41, 5.74) is 6.59. The molecule has 0 spiro atoms. The third kappa shape index (κ3) is 3.37. The molecule has 0 unspecified atom stereocenters. The second kappa shape index (κ2) is 6.69. The average molecular weight is 397 g/mol. The van der Waals surface area contributed by atoms with Crippen LogP contribution in [0.25, 0.3) is 10.8 Å². The van der Waals surface area contributed by atoms with E-state index in [1.807, 2.05) is 19.1 Å². The predicted molar refractivity (Wildman–Crippen MR) is 107 cm³/mol. The number of ether oxygens (including phenoxy) is 1. The van der Waals surface area contributed by atoms with Crippen molar-refractivity contribution in [1.82, 2.24) is 4.98 Å². The Hall–Kier alpha value is -3.22. The Balaban J connectivity index is 1.97. The molecule has 1 aromatic heterocycles. The number of nitrogens with two attached hydrogens (primary N) is 1. The average Bonchev–Trinajstić information content (AvgIpc) is 2.62. The maximum atomic E-state index is 14.5. The summed E-state index contributed by atoms with van der Waals surface area (Å²) in [5.74, 6) is -1.60. The SMILES string of the molecule is Cc1cc2c(N(C(N)=O)[C@@H]3CC(C)(C)Oc4c(F)cc(F)cc43)cccc2cn1. The number of urea groups is 1. The van der Waals surface area contributed by atoms with E-state index in [1.165, 1.54) is 11.0 Å². The van der Waals surface area contributed by atoms with Crippen LogP contribution in [-0.4, -0.2) is 16.6 Å². The number of hydrogen-bond acceptors (Lipinski definition) is 3. The van der Waals surface area contributed by atoms with Crippen molar-refractivity contribution < 1.29 is 18.3 Å². The van der Waals surface area contributed by atoms with E-state index in [2.05, 4.69) is 4.98 Å². The summed E-state index contributed by atoms with van der Waals surface area (Å²) in [6.45, 7) is 5.44. The third-order valence-electron chi connectivity index (χ3n) is 5.15. The minimum absolute atomic E-state index is 0.0583. The molecule has 1 aliphatic rings. The van der Waals surface area contributed by atoms with Crippen molar-refractivity contribution in [3.8, 4) is 5.75 Å². The number of hydrogen-bond donors (Lipinski definition) is 1. The smallest absolute Gasteiger partial charge is 0.319 e. The Bertz CT molecular complexity index is 1130. The highest BCUT2D eigenvalue weighted by Crippen LogP contribution is 2.46. The monoisotopic (exact) mass is 397 g/mol. The molecule has 1 atom stereocenters. The van der Waals surface area contributed by atoms with Crippen molar-refractivity contribution in [1.29, 1.82) is 0 Å². The lowest BCUT2D eigenvalue weighted by Crippen LogP contribution is -2.46. The molecule has 1 aliphatic heterocycles. The fourth-order valence-corrected chi connectivity index (χ4v) is 3.97. The molecule has 5 nitrogen and oxygen atoms in total. The highest BCUT2D eigenvalue weighted by Gasteiger charge is 2.41. The number of nitrogens with zero attached hydrogens (tertiary/aromatic N) is 2. The predicted octanol–water partition coefficient (Wildman–Crippen LogP) is 5.01.